The molecule has 0 spiro atoms. The topological polar surface area (TPSA) is 20.2 Å². The molecule has 0 unspecified atom stereocenters. The van der Waals surface area contributed by atoms with Crippen LogP contribution in [-0.2, 0) is 0 Å². The Kier molecular flexibility index (Phi) is 4.09. The molecule has 2 heteroatoms. The summed E-state index contributed by atoms with van der Waals surface area (Å²) in [7, 11) is 0. The van der Waals surface area contributed by atoms with E-state index in [0.29, 0.717) is 5.92 Å². The van der Waals surface area contributed by atoms with Gasteiger partial charge in [-0.2, -0.15) is 0 Å². The van der Waals surface area contributed by atoms with Gasteiger partial charge in [0.25, 0.3) is 0 Å². The quantitative estimate of drug-likeness (QED) is 0.789. The van der Waals surface area contributed by atoms with Gasteiger partial charge in [-0.05, 0) is 30.9 Å². The van der Waals surface area contributed by atoms with Gasteiger partial charge >= 0.3 is 0 Å². The van der Waals surface area contributed by atoms with E-state index < -0.39 is 0 Å². The molecule has 0 bridgehead atoms. The normalized spacial score (nSPS) is 19.3. The molecule has 1 aliphatic carbocycles. The van der Waals surface area contributed by atoms with E-state index in [1.807, 2.05) is 18.2 Å². The standard InChI is InChI=1S/C13H18OS/c14-13(11-6-4-5-7-11)10-15-12-8-2-1-3-9-12/h1-3,8-9,11,13-14H,4-7,10H2/t13-/m1/s1. The van der Waals surface area contributed by atoms with E-state index in [1.165, 1.54) is 30.6 Å². The van der Waals surface area contributed by atoms with Gasteiger partial charge in [0.05, 0.1) is 6.10 Å². The monoisotopic (exact) mass is 222 g/mol. The minimum Gasteiger partial charge on any atom is -0.392 e. The van der Waals surface area contributed by atoms with E-state index in [1.54, 1.807) is 11.8 Å². The van der Waals surface area contributed by atoms with Crippen LogP contribution in [0, 0.1) is 5.92 Å². The van der Waals surface area contributed by atoms with Crippen molar-refractivity contribution in [1.29, 1.82) is 0 Å². The van der Waals surface area contributed by atoms with Gasteiger partial charge < -0.3 is 5.11 Å². The molecule has 1 saturated carbocycles. The van der Waals surface area contributed by atoms with Gasteiger partial charge in [0, 0.05) is 10.6 Å². The Morgan fingerprint density at radius 2 is 1.87 bits per heavy atom. The van der Waals surface area contributed by atoms with E-state index in [9.17, 15) is 5.11 Å². The molecule has 2 rings (SSSR count). The minimum atomic E-state index is -0.113. The molecule has 1 aliphatic rings. The summed E-state index contributed by atoms with van der Waals surface area (Å²) < 4.78 is 0. The third kappa shape index (κ3) is 3.25. The Morgan fingerprint density at radius 1 is 1.20 bits per heavy atom. The first-order valence-corrected chi connectivity index (χ1v) is 6.71. The summed E-state index contributed by atoms with van der Waals surface area (Å²) in [6, 6.07) is 10.3. The average molecular weight is 222 g/mol. The molecule has 1 fully saturated rings. The lowest BCUT2D eigenvalue weighted by molar-refractivity contribution is 0.133. The van der Waals surface area contributed by atoms with Gasteiger partial charge in [-0.1, -0.05) is 31.0 Å². The summed E-state index contributed by atoms with van der Waals surface area (Å²) in [6.45, 7) is 0. The summed E-state index contributed by atoms with van der Waals surface area (Å²) in [5, 5.41) is 9.99. The molecule has 0 saturated heterocycles. The molecule has 0 aliphatic heterocycles. The second-order valence-corrected chi connectivity index (χ2v) is 5.33. The van der Waals surface area contributed by atoms with Gasteiger partial charge in [0.1, 0.15) is 0 Å². The smallest absolute Gasteiger partial charge is 0.0662 e. The summed E-state index contributed by atoms with van der Waals surface area (Å²) in [6.07, 6.45) is 4.93. The number of benzene rings is 1. The van der Waals surface area contributed by atoms with Gasteiger partial charge in [0.2, 0.25) is 0 Å². The van der Waals surface area contributed by atoms with Crippen molar-refractivity contribution in [3.05, 3.63) is 30.3 Å². The van der Waals surface area contributed by atoms with Crippen LogP contribution in [0.5, 0.6) is 0 Å². The zero-order chi connectivity index (χ0) is 10.5. The van der Waals surface area contributed by atoms with Crippen LogP contribution in [0.1, 0.15) is 25.7 Å². The predicted octanol–water partition coefficient (Wildman–Crippen LogP) is 3.33. The molecule has 82 valence electrons. The molecule has 15 heavy (non-hydrogen) atoms. The third-order valence-corrected chi connectivity index (χ3v) is 4.22. The highest BCUT2D eigenvalue weighted by molar-refractivity contribution is 7.99. The summed E-state index contributed by atoms with van der Waals surface area (Å²) in [5.41, 5.74) is 0. The Labute approximate surface area is 95.9 Å². The van der Waals surface area contributed by atoms with Crippen molar-refractivity contribution in [2.24, 2.45) is 5.92 Å². The fourth-order valence-electron chi connectivity index (χ4n) is 2.18. The van der Waals surface area contributed by atoms with Crippen molar-refractivity contribution in [1.82, 2.24) is 0 Å². The van der Waals surface area contributed by atoms with Crippen molar-refractivity contribution >= 4 is 11.8 Å². The third-order valence-electron chi connectivity index (χ3n) is 3.11. The van der Waals surface area contributed by atoms with Gasteiger partial charge in [-0.25, -0.2) is 0 Å². The molecule has 1 atom stereocenters. The molecule has 0 radical (unpaired) electrons. The lowest BCUT2D eigenvalue weighted by Gasteiger charge is -2.16. The summed E-state index contributed by atoms with van der Waals surface area (Å²) >= 11 is 1.77. The van der Waals surface area contributed by atoms with Crippen molar-refractivity contribution in [3.63, 3.8) is 0 Å². The van der Waals surface area contributed by atoms with Crippen molar-refractivity contribution in [2.45, 2.75) is 36.7 Å². The zero-order valence-corrected chi connectivity index (χ0v) is 9.75. The summed E-state index contributed by atoms with van der Waals surface area (Å²) in [5.74, 6) is 1.40. The second-order valence-electron chi connectivity index (χ2n) is 4.24. The predicted molar refractivity (Wildman–Crippen MR) is 65.1 cm³/mol. The molecular formula is C13H18OS. The van der Waals surface area contributed by atoms with Crippen LogP contribution in [0.4, 0.5) is 0 Å². The first kappa shape index (κ1) is 11.0. The van der Waals surface area contributed by atoms with E-state index in [4.69, 9.17) is 0 Å². The highest BCUT2D eigenvalue weighted by Crippen LogP contribution is 2.30. The van der Waals surface area contributed by atoms with E-state index in [2.05, 4.69) is 12.1 Å². The van der Waals surface area contributed by atoms with Crippen molar-refractivity contribution < 1.29 is 5.11 Å². The number of rotatable bonds is 4. The van der Waals surface area contributed by atoms with E-state index in [0.717, 1.165) is 5.75 Å². The minimum absolute atomic E-state index is 0.113. The molecule has 0 heterocycles. The lowest BCUT2D eigenvalue weighted by Crippen LogP contribution is -2.20. The maximum atomic E-state index is 9.99. The maximum absolute atomic E-state index is 9.99. The van der Waals surface area contributed by atoms with Gasteiger partial charge in [-0.15, -0.1) is 11.8 Å². The lowest BCUT2D eigenvalue weighted by atomic mass is 10.0. The largest absolute Gasteiger partial charge is 0.392 e. The van der Waals surface area contributed by atoms with Gasteiger partial charge in [0.15, 0.2) is 0 Å². The van der Waals surface area contributed by atoms with Crippen LogP contribution in [0.25, 0.3) is 0 Å². The highest BCUT2D eigenvalue weighted by Gasteiger charge is 2.22. The Morgan fingerprint density at radius 3 is 2.53 bits per heavy atom. The summed E-state index contributed by atoms with van der Waals surface area (Å²) in [4.78, 5) is 1.26. The van der Waals surface area contributed by atoms with Crippen LogP contribution in [0.2, 0.25) is 0 Å². The van der Waals surface area contributed by atoms with Crippen LogP contribution in [0.15, 0.2) is 35.2 Å². The molecule has 1 nitrogen and oxygen atoms in total. The molecule has 0 amide bonds. The van der Waals surface area contributed by atoms with Crippen molar-refractivity contribution in [3.8, 4) is 0 Å². The molecule has 1 aromatic rings. The Bertz CT molecular complexity index is 280. The average Bonchev–Trinajstić information content (AvgIpc) is 2.81. The number of hydrogen-bond donors (Lipinski definition) is 1. The molecule has 1 aromatic carbocycles. The number of aliphatic hydroxyl groups excluding tert-OH is 1. The molecular weight excluding hydrogens is 204 g/mol. The second kappa shape index (κ2) is 5.57. The number of thioether (sulfide) groups is 1. The van der Waals surface area contributed by atoms with Crippen molar-refractivity contribution in [2.75, 3.05) is 5.75 Å². The van der Waals surface area contributed by atoms with Crippen LogP contribution >= 0.6 is 11.8 Å². The Hall–Kier alpha value is -0.470. The first-order chi connectivity index (χ1) is 7.36. The number of hydrogen-bond acceptors (Lipinski definition) is 2. The fourth-order valence-corrected chi connectivity index (χ4v) is 3.16. The SMILES string of the molecule is O[C@H](CSc1ccccc1)C1CCCC1. The van der Waals surface area contributed by atoms with Gasteiger partial charge in [-0.3, -0.25) is 0 Å². The van der Waals surface area contributed by atoms with E-state index in [-0.39, 0.29) is 6.10 Å². The molecule has 0 aromatic heterocycles. The first-order valence-electron chi connectivity index (χ1n) is 5.72. The number of aliphatic hydroxyl groups is 1. The maximum Gasteiger partial charge on any atom is 0.0662 e. The molecule has 1 N–H and O–H groups in total. The van der Waals surface area contributed by atoms with E-state index >= 15 is 0 Å². The van der Waals surface area contributed by atoms with Crippen LogP contribution in [0.3, 0.4) is 0 Å². The zero-order valence-electron chi connectivity index (χ0n) is 8.93. The van der Waals surface area contributed by atoms with Crippen LogP contribution in [-0.4, -0.2) is 17.0 Å². The Balaban J connectivity index is 1.77. The fraction of sp³-hybridized carbons (Fsp3) is 0.538. The van der Waals surface area contributed by atoms with Crippen LogP contribution < -0.4 is 0 Å². The highest BCUT2D eigenvalue weighted by atomic mass is 32.2.